The van der Waals surface area contributed by atoms with Gasteiger partial charge in [0, 0.05) is 11.0 Å². The number of carbonyl (C=O) groups is 1. The molecule has 4 rings (SSSR count). The van der Waals surface area contributed by atoms with Crippen LogP contribution in [0.15, 0.2) is 24.3 Å². The van der Waals surface area contributed by atoms with Crippen LogP contribution in [-0.2, 0) is 9.53 Å². The van der Waals surface area contributed by atoms with Gasteiger partial charge in [0.2, 0.25) is 0 Å². The third-order valence-corrected chi connectivity index (χ3v) is 14.3. The highest BCUT2D eigenvalue weighted by Crippen LogP contribution is 2.72. The highest BCUT2D eigenvalue weighted by atomic mass is 16.5. The van der Waals surface area contributed by atoms with Gasteiger partial charge in [-0.1, -0.05) is 53.7 Å². The van der Waals surface area contributed by atoms with Gasteiger partial charge in [-0.15, -0.1) is 6.58 Å². The minimum absolute atomic E-state index is 0.125. The molecule has 7 heteroatoms. The Labute approximate surface area is 259 Å². The zero-order valence-corrected chi connectivity index (χ0v) is 28.0. The van der Waals surface area contributed by atoms with E-state index in [9.17, 15) is 30.3 Å². The van der Waals surface area contributed by atoms with E-state index in [2.05, 4.69) is 34.3 Å². The second-order valence-electron chi connectivity index (χ2n) is 16.7. The molecule has 4 saturated carbocycles. The first kappa shape index (κ1) is 34.6. The number of esters is 1. The number of hydrogen-bond donors (Lipinski definition) is 5. The standard InChI is InChI=1S/C36H60O7/c1-10-12-25-33(7)15-14-26(38)34(8,21-43-30(42)22(3)11-2)24(33)13-16-35(25,9)32(6)18-23-17-31(4,5)28(40)29(41)36(23,20-37)27(39)19-32/h10-11,23-29,37-41H,1,12-21H2,2-9H3/t23?,24?,25?,26-,27+,28-,29-,32-,33-,34+,35+,36-/m0/s1. The van der Waals surface area contributed by atoms with Gasteiger partial charge in [-0.05, 0) is 105 Å². The highest BCUT2D eigenvalue weighted by molar-refractivity contribution is 5.87. The molecule has 12 atom stereocenters. The molecule has 0 saturated heterocycles. The summed E-state index contributed by atoms with van der Waals surface area (Å²) in [6.45, 7) is 20.6. The summed E-state index contributed by atoms with van der Waals surface area (Å²) >= 11 is 0. The van der Waals surface area contributed by atoms with Crippen molar-refractivity contribution in [2.24, 2.45) is 50.2 Å². The number of carbonyl (C=O) groups excluding carboxylic acids is 1. The normalized spacial score (nSPS) is 49.9. The van der Waals surface area contributed by atoms with Gasteiger partial charge in [0.1, 0.15) is 0 Å². The lowest BCUT2D eigenvalue weighted by Crippen LogP contribution is -2.70. The van der Waals surface area contributed by atoms with Gasteiger partial charge in [-0.25, -0.2) is 4.79 Å². The summed E-state index contributed by atoms with van der Waals surface area (Å²) in [6, 6.07) is 0. The topological polar surface area (TPSA) is 127 Å². The predicted molar refractivity (Wildman–Crippen MR) is 168 cm³/mol. The van der Waals surface area contributed by atoms with Crippen LogP contribution in [0.5, 0.6) is 0 Å². The molecule has 4 aliphatic carbocycles. The van der Waals surface area contributed by atoms with E-state index >= 15 is 0 Å². The molecule has 3 unspecified atom stereocenters. The Morgan fingerprint density at radius 2 is 1.58 bits per heavy atom. The maximum absolute atomic E-state index is 12.6. The number of aliphatic hydroxyl groups is 5. The van der Waals surface area contributed by atoms with Crippen LogP contribution in [0, 0.1) is 50.2 Å². The quantitative estimate of drug-likeness (QED) is 0.154. The van der Waals surface area contributed by atoms with Crippen LogP contribution in [-0.4, -0.2) is 69.1 Å². The fourth-order valence-electron chi connectivity index (χ4n) is 11.1. The second-order valence-corrected chi connectivity index (χ2v) is 16.7. The molecule has 246 valence electrons. The van der Waals surface area contributed by atoms with Crippen molar-refractivity contribution in [1.82, 2.24) is 0 Å². The third kappa shape index (κ3) is 4.99. The molecule has 0 aromatic carbocycles. The molecule has 0 aliphatic heterocycles. The van der Waals surface area contributed by atoms with Crippen molar-refractivity contribution in [2.75, 3.05) is 13.2 Å². The summed E-state index contributed by atoms with van der Waals surface area (Å²) in [6.07, 6.45) is 5.80. The minimum Gasteiger partial charge on any atom is -0.462 e. The Morgan fingerprint density at radius 3 is 2.16 bits per heavy atom. The zero-order chi connectivity index (χ0) is 32.4. The van der Waals surface area contributed by atoms with Crippen molar-refractivity contribution >= 4 is 5.97 Å². The summed E-state index contributed by atoms with van der Waals surface area (Å²) < 4.78 is 5.83. The van der Waals surface area contributed by atoms with Crippen molar-refractivity contribution in [3.8, 4) is 0 Å². The van der Waals surface area contributed by atoms with E-state index in [0.29, 0.717) is 24.8 Å². The van der Waals surface area contributed by atoms with E-state index in [1.165, 1.54) is 0 Å². The molecule has 4 fully saturated rings. The third-order valence-electron chi connectivity index (χ3n) is 14.3. The van der Waals surface area contributed by atoms with Gasteiger partial charge >= 0.3 is 5.97 Å². The predicted octanol–water partition coefficient (Wildman–Crippen LogP) is 5.18. The van der Waals surface area contributed by atoms with Crippen molar-refractivity contribution in [1.29, 1.82) is 0 Å². The van der Waals surface area contributed by atoms with E-state index in [1.807, 2.05) is 26.8 Å². The summed E-state index contributed by atoms with van der Waals surface area (Å²) in [4.78, 5) is 12.6. The molecular weight excluding hydrogens is 544 g/mol. The van der Waals surface area contributed by atoms with Crippen LogP contribution >= 0.6 is 0 Å². The average molecular weight is 605 g/mol. The van der Waals surface area contributed by atoms with Gasteiger partial charge in [0.25, 0.3) is 0 Å². The molecule has 43 heavy (non-hydrogen) atoms. The molecule has 0 aromatic rings. The number of allylic oxidation sites excluding steroid dienone is 2. The van der Waals surface area contributed by atoms with Crippen LogP contribution in [0.3, 0.4) is 0 Å². The molecule has 0 spiro atoms. The molecule has 7 nitrogen and oxygen atoms in total. The van der Waals surface area contributed by atoms with Gasteiger partial charge in [0.15, 0.2) is 0 Å². The molecule has 0 aromatic heterocycles. The Bertz CT molecular complexity index is 1100. The Hall–Kier alpha value is -1.25. The van der Waals surface area contributed by atoms with E-state index in [-0.39, 0.29) is 53.2 Å². The van der Waals surface area contributed by atoms with E-state index in [4.69, 9.17) is 4.74 Å². The summed E-state index contributed by atoms with van der Waals surface area (Å²) in [5, 5.41) is 56.4. The number of hydrogen-bond acceptors (Lipinski definition) is 7. The van der Waals surface area contributed by atoms with Crippen LogP contribution in [0.2, 0.25) is 0 Å². The molecule has 0 amide bonds. The number of fused-ring (bicyclic) bond motifs is 2. The molecule has 0 bridgehead atoms. The maximum Gasteiger partial charge on any atom is 0.333 e. The smallest absolute Gasteiger partial charge is 0.333 e. The van der Waals surface area contributed by atoms with Crippen LogP contribution < -0.4 is 0 Å². The van der Waals surface area contributed by atoms with Crippen molar-refractivity contribution in [3.05, 3.63) is 24.3 Å². The van der Waals surface area contributed by atoms with Crippen LogP contribution in [0.4, 0.5) is 0 Å². The lowest BCUT2D eigenvalue weighted by atomic mass is 9.35. The lowest BCUT2D eigenvalue weighted by Gasteiger charge is -2.70. The maximum atomic E-state index is 12.6. The number of rotatable bonds is 7. The van der Waals surface area contributed by atoms with Gasteiger partial charge in [0.05, 0.1) is 43.0 Å². The van der Waals surface area contributed by atoms with Crippen LogP contribution in [0.1, 0.15) is 107 Å². The van der Waals surface area contributed by atoms with E-state index in [0.717, 1.165) is 32.1 Å². The summed E-state index contributed by atoms with van der Waals surface area (Å²) in [5.41, 5.74) is -2.41. The van der Waals surface area contributed by atoms with Crippen LogP contribution in [0.25, 0.3) is 0 Å². The second kappa shape index (κ2) is 11.5. The first-order chi connectivity index (χ1) is 19.8. The number of ether oxygens (including phenoxy) is 1. The Morgan fingerprint density at radius 1 is 0.930 bits per heavy atom. The van der Waals surface area contributed by atoms with Crippen molar-refractivity contribution in [3.63, 3.8) is 0 Å². The fraction of sp³-hybridized carbons (Fsp3) is 0.861. The fourth-order valence-corrected chi connectivity index (χ4v) is 11.1. The molecule has 5 N–H and O–H groups in total. The Kier molecular flexibility index (Phi) is 9.28. The van der Waals surface area contributed by atoms with Gasteiger partial charge in [-0.3, -0.25) is 0 Å². The summed E-state index contributed by atoms with van der Waals surface area (Å²) in [5.74, 6) is -0.175. The molecule has 4 aliphatic rings. The minimum atomic E-state index is -1.20. The molecule has 0 radical (unpaired) electrons. The Balaban J connectivity index is 1.73. The SMILES string of the molecule is C=CCC1[C@@]2(C)CC[C@H](O)[C@](C)(COC(=O)C(C)=CC)C2CC[C@@]1(C)[C@@]1(C)CC2CC(C)(C)[C@@H](O)[C@H](O)[C@]2(CO)[C@H](O)C1. The molecule has 0 heterocycles. The largest absolute Gasteiger partial charge is 0.462 e. The number of aliphatic hydroxyl groups excluding tert-OH is 5. The molecular formula is C36H60O7. The average Bonchev–Trinajstić information content (AvgIpc) is 2.94. The van der Waals surface area contributed by atoms with E-state index in [1.54, 1.807) is 13.0 Å². The van der Waals surface area contributed by atoms with Crippen molar-refractivity contribution < 1.29 is 35.1 Å². The monoisotopic (exact) mass is 604 g/mol. The summed E-state index contributed by atoms with van der Waals surface area (Å²) in [7, 11) is 0. The van der Waals surface area contributed by atoms with Gasteiger partial charge in [-0.2, -0.15) is 0 Å². The van der Waals surface area contributed by atoms with E-state index < -0.39 is 40.7 Å². The first-order valence-corrected chi connectivity index (χ1v) is 16.6. The first-order valence-electron chi connectivity index (χ1n) is 16.6. The zero-order valence-electron chi connectivity index (χ0n) is 28.0. The van der Waals surface area contributed by atoms with Gasteiger partial charge < -0.3 is 30.3 Å². The highest BCUT2D eigenvalue weighted by Gasteiger charge is 2.70. The lowest BCUT2D eigenvalue weighted by molar-refractivity contribution is -0.275. The van der Waals surface area contributed by atoms with Crippen molar-refractivity contribution in [2.45, 2.75) is 131 Å².